The van der Waals surface area contributed by atoms with Crippen molar-refractivity contribution in [2.24, 2.45) is 11.8 Å². The van der Waals surface area contributed by atoms with Crippen LogP contribution in [-0.4, -0.2) is 35.6 Å². The van der Waals surface area contributed by atoms with Gasteiger partial charge in [0.2, 0.25) is 0 Å². The van der Waals surface area contributed by atoms with Crippen molar-refractivity contribution in [2.75, 3.05) is 13.1 Å². The molecule has 0 saturated carbocycles. The molecule has 0 aromatic rings. The van der Waals surface area contributed by atoms with Gasteiger partial charge in [0.15, 0.2) is 0 Å². The summed E-state index contributed by atoms with van der Waals surface area (Å²) >= 11 is 0. The Kier molecular flexibility index (Phi) is 5.67. The Morgan fingerprint density at radius 2 is 1.83 bits per heavy atom. The number of likely N-dealkylation sites (tertiary alicyclic amines) is 1. The standard InChI is InChI=1S/C16H34N2/c1-12(2)15(11-17-16(5,6)7)18-9-8-13(3)10-14(18)4/h12-15,17H,8-11H2,1-7H3. The Balaban J connectivity index is 2.61. The van der Waals surface area contributed by atoms with Crippen LogP contribution >= 0.6 is 0 Å². The van der Waals surface area contributed by atoms with Gasteiger partial charge in [0.25, 0.3) is 0 Å². The molecule has 3 atom stereocenters. The van der Waals surface area contributed by atoms with Gasteiger partial charge in [0.1, 0.15) is 0 Å². The summed E-state index contributed by atoms with van der Waals surface area (Å²) < 4.78 is 0. The molecular weight excluding hydrogens is 220 g/mol. The highest BCUT2D eigenvalue weighted by molar-refractivity contribution is 4.87. The number of hydrogen-bond donors (Lipinski definition) is 1. The second-order valence-corrected chi connectivity index (χ2v) is 7.66. The number of rotatable bonds is 4. The quantitative estimate of drug-likeness (QED) is 0.826. The molecular formula is C16H34N2. The highest BCUT2D eigenvalue weighted by atomic mass is 15.2. The molecule has 1 rings (SSSR count). The summed E-state index contributed by atoms with van der Waals surface area (Å²) in [7, 11) is 0. The van der Waals surface area contributed by atoms with Gasteiger partial charge in [0.05, 0.1) is 0 Å². The third-order valence-corrected chi connectivity index (χ3v) is 4.23. The van der Waals surface area contributed by atoms with Crippen LogP contribution in [0.4, 0.5) is 0 Å². The maximum absolute atomic E-state index is 3.69. The minimum atomic E-state index is 0.222. The second kappa shape index (κ2) is 6.38. The SMILES string of the molecule is CC1CCN(C(CNC(C)(C)C)C(C)C)C(C)C1. The molecule has 1 aliphatic rings. The number of piperidine rings is 1. The van der Waals surface area contributed by atoms with Gasteiger partial charge < -0.3 is 5.32 Å². The van der Waals surface area contributed by atoms with Crippen molar-refractivity contribution >= 4 is 0 Å². The Hall–Kier alpha value is -0.0800. The van der Waals surface area contributed by atoms with Crippen LogP contribution in [-0.2, 0) is 0 Å². The van der Waals surface area contributed by atoms with Crippen LogP contribution in [0.25, 0.3) is 0 Å². The van der Waals surface area contributed by atoms with Crippen LogP contribution in [0.5, 0.6) is 0 Å². The van der Waals surface area contributed by atoms with E-state index in [1.165, 1.54) is 19.4 Å². The van der Waals surface area contributed by atoms with Gasteiger partial charge in [-0.3, -0.25) is 4.90 Å². The molecule has 2 nitrogen and oxygen atoms in total. The van der Waals surface area contributed by atoms with Crippen LogP contribution in [0.15, 0.2) is 0 Å². The van der Waals surface area contributed by atoms with E-state index in [-0.39, 0.29) is 5.54 Å². The van der Waals surface area contributed by atoms with E-state index < -0.39 is 0 Å². The van der Waals surface area contributed by atoms with Crippen LogP contribution < -0.4 is 5.32 Å². The first-order valence-corrected chi connectivity index (χ1v) is 7.71. The van der Waals surface area contributed by atoms with Gasteiger partial charge in [-0.25, -0.2) is 0 Å². The van der Waals surface area contributed by atoms with E-state index in [1.807, 2.05) is 0 Å². The molecule has 18 heavy (non-hydrogen) atoms. The van der Waals surface area contributed by atoms with E-state index >= 15 is 0 Å². The lowest BCUT2D eigenvalue weighted by Crippen LogP contribution is -2.54. The molecule has 1 N–H and O–H groups in total. The summed E-state index contributed by atoms with van der Waals surface area (Å²) in [5, 5.41) is 3.69. The second-order valence-electron chi connectivity index (χ2n) is 7.66. The van der Waals surface area contributed by atoms with Crippen molar-refractivity contribution in [3.8, 4) is 0 Å². The van der Waals surface area contributed by atoms with Crippen molar-refractivity contribution in [1.82, 2.24) is 10.2 Å². The third kappa shape index (κ3) is 4.89. The van der Waals surface area contributed by atoms with Crippen LogP contribution in [0.3, 0.4) is 0 Å². The maximum atomic E-state index is 3.69. The largest absolute Gasteiger partial charge is 0.311 e. The molecule has 0 aromatic carbocycles. The molecule has 0 bridgehead atoms. The summed E-state index contributed by atoms with van der Waals surface area (Å²) in [4.78, 5) is 2.74. The zero-order valence-electron chi connectivity index (χ0n) is 13.6. The van der Waals surface area contributed by atoms with E-state index in [4.69, 9.17) is 0 Å². The highest BCUT2D eigenvalue weighted by Crippen LogP contribution is 2.26. The molecule has 1 aliphatic heterocycles. The van der Waals surface area contributed by atoms with Crippen molar-refractivity contribution < 1.29 is 0 Å². The van der Waals surface area contributed by atoms with Crippen molar-refractivity contribution in [3.63, 3.8) is 0 Å². The maximum Gasteiger partial charge on any atom is 0.0246 e. The summed E-state index contributed by atoms with van der Waals surface area (Å²) in [5.41, 5.74) is 0.222. The fourth-order valence-corrected chi connectivity index (χ4v) is 3.06. The lowest BCUT2D eigenvalue weighted by atomic mass is 9.89. The average Bonchev–Trinajstić information content (AvgIpc) is 2.18. The normalized spacial score (nSPS) is 28.7. The summed E-state index contributed by atoms with van der Waals surface area (Å²) in [6.45, 7) is 18.7. The molecule has 2 heteroatoms. The van der Waals surface area contributed by atoms with Crippen molar-refractivity contribution in [2.45, 2.75) is 78.9 Å². The number of hydrogen-bond acceptors (Lipinski definition) is 2. The monoisotopic (exact) mass is 254 g/mol. The molecule has 1 heterocycles. The van der Waals surface area contributed by atoms with Crippen molar-refractivity contribution in [1.29, 1.82) is 0 Å². The molecule has 1 saturated heterocycles. The molecule has 108 valence electrons. The van der Waals surface area contributed by atoms with E-state index in [2.05, 4.69) is 58.7 Å². The lowest BCUT2D eigenvalue weighted by Gasteiger charge is -2.44. The zero-order valence-corrected chi connectivity index (χ0v) is 13.6. The lowest BCUT2D eigenvalue weighted by molar-refractivity contribution is 0.0555. The van der Waals surface area contributed by atoms with Crippen LogP contribution in [0.1, 0.15) is 61.3 Å². The Morgan fingerprint density at radius 1 is 1.22 bits per heavy atom. The topological polar surface area (TPSA) is 15.3 Å². The fourth-order valence-electron chi connectivity index (χ4n) is 3.06. The van der Waals surface area contributed by atoms with Crippen LogP contribution in [0, 0.1) is 11.8 Å². The molecule has 0 amide bonds. The molecule has 0 aromatic heterocycles. The van der Waals surface area contributed by atoms with Gasteiger partial charge in [-0.2, -0.15) is 0 Å². The third-order valence-electron chi connectivity index (χ3n) is 4.23. The predicted octanol–water partition coefficient (Wildman–Crippen LogP) is 3.52. The molecule has 3 unspecified atom stereocenters. The van der Waals surface area contributed by atoms with Crippen molar-refractivity contribution in [3.05, 3.63) is 0 Å². The fraction of sp³-hybridized carbons (Fsp3) is 1.00. The van der Waals surface area contributed by atoms with Gasteiger partial charge in [0, 0.05) is 24.2 Å². The summed E-state index contributed by atoms with van der Waals surface area (Å²) in [6, 6.07) is 1.41. The predicted molar refractivity (Wildman–Crippen MR) is 80.9 cm³/mol. The smallest absolute Gasteiger partial charge is 0.0246 e. The first kappa shape index (κ1) is 16.0. The van der Waals surface area contributed by atoms with Gasteiger partial charge in [-0.15, -0.1) is 0 Å². The Labute approximate surface area is 115 Å². The number of nitrogens with one attached hydrogen (secondary N) is 1. The van der Waals surface area contributed by atoms with Crippen LogP contribution in [0.2, 0.25) is 0 Å². The molecule has 0 radical (unpaired) electrons. The summed E-state index contributed by atoms with van der Waals surface area (Å²) in [6.07, 6.45) is 2.72. The molecule has 0 spiro atoms. The average molecular weight is 254 g/mol. The van der Waals surface area contributed by atoms with Gasteiger partial charge in [-0.1, -0.05) is 20.8 Å². The Morgan fingerprint density at radius 3 is 2.28 bits per heavy atom. The Bertz CT molecular complexity index is 242. The summed E-state index contributed by atoms with van der Waals surface area (Å²) in [5.74, 6) is 1.62. The highest BCUT2D eigenvalue weighted by Gasteiger charge is 2.30. The van der Waals surface area contributed by atoms with E-state index in [0.717, 1.165) is 24.4 Å². The minimum absolute atomic E-state index is 0.222. The molecule has 0 aliphatic carbocycles. The first-order valence-electron chi connectivity index (χ1n) is 7.71. The van der Waals surface area contributed by atoms with Gasteiger partial charge in [-0.05, 0) is 58.9 Å². The number of nitrogens with zero attached hydrogens (tertiary/aromatic N) is 1. The van der Waals surface area contributed by atoms with Gasteiger partial charge >= 0.3 is 0 Å². The van der Waals surface area contributed by atoms with E-state index in [0.29, 0.717) is 6.04 Å². The van der Waals surface area contributed by atoms with E-state index in [9.17, 15) is 0 Å². The van der Waals surface area contributed by atoms with E-state index in [1.54, 1.807) is 0 Å². The zero-order chi connectivity index (χ0) is 13.9. The minimum Gasteiger partial charge on any atom is -0.311 e. The first-order chi connectivity index (χ1) is 8.20. The molecule has 1 fully saturated rings.